The molecule has 3 amide bonds. The van der Waals surface area contributed by atoms with Crippen LogP contribution < -0.4 is 5.32 Å². The molecule has 1 aromatic heterocycles. The number of carbonyl (C=O) groups excluding carboxylic acids is 3. The smallest absolute Gasteiger partial charge is 0.338 e. The third-order valence-corrected chi connectivity index (χ3v) is 5.94. The quantitative estimate of drug-likeness (QED) is 0.347. The number of imide groups is 1. The second-order valence-corrected chi connectivity index (χ2v) is 8.11. The van der Waals surface area contributed by atoms with Crippen LogP contribution >= 0.6 is 0 Å². The molecule has 8 heteroatoms. The van der Waals surface area contributed by atoms with E-state index in [1.165, 1.54) is 31.4 Å². The third-order valence-electron chi connectivity index (χ3n) is 5.94. The minimum atomic E-state index is -0.531. The van der Waals surface area contributed by atoms with Gasteiger partial charge < -0.3 is 14.6 Å². The van der Waals surface area contributed by atoms with Gasteiger partial charge in [-0.3, -0.25) is 9.69 Å². The molecule has 7 nitrogen and oxygen atoms in total. The Morgan fingerprint density at radius 3 is 2.47 bits per heavy atom. The topological polar surface area (TPSA) is 80.6 Å². The minimum Gasteiger partial charge on any atom is -0.465 e. The number of halogens is 1. The monoisotopic (exact) mass is 461 g/mol. The molecule has 2 aromatic carbocycles. The number of urea groups is 1. The van der Waals surface area contributed by atoms with Crippen molar-refractivity contribution < 1.29 is 23.5 Å². The number of benzene rings is 2. The molecule has 0 radical (unpaired) electrons. The highest BCUT2D eigenvalue weighted by atomic mass is 19.1. The fourth-order valence-corrected chi connectivity index (χ4v) is 4.14. The lowest BCUT2D eigenvalue weighted by Crippen LogP contribution is -2.30. The molecule has 0 aliphatic carbocycles. The zero-order valence-electron chi connectivity index (χ0n) is 19.3. The van der Waals surface area contributed by atoms with Crippen LogP contribution in [0.2, 0.25) is 0 Å². The van der Waals surface area contributed by atoms with E-state index in [2.05, 4.69) is 5.32 Å². The van der Waals surface area contributed by atoms with Crippen molar-refractivity contribution in [1.82, 2.24) is 14.8 Å². The van der Waals surface area contributed by atoms with E-state index < -0.39 is 17.9 Å². The van der Waals surface area contributed by atoms with Gasteiger partial charge in [-0.25, -0.2) is 14.0 Å². The fourth-order valence-electron chi connectivity index (χ4n) is 4.14. The van der Waals surface area contributed by atoms with Gasteiger partial charge in [-0.1, -0.05) is 18.2 Å². The highest BCUT2D eigenvalue weighted by molar-refractivity contribution is 6.14. The molecular weight excluding hydrogens is 437 g/mol. The standard InChI is InChI=1S/C26H24FN3O4/c1-15-12-19(17(3)30(15)23-7-5-6-21(16(23)2)25(32)34-4)13-22-24(31)29(26(33)28-22)14-18-8-10-20(27)11-9-18/h5-13H,14H2,1-4H3,(H,28,33)/b22-13+. The summed E-state index contributed by atoms with van der Waals surface area (Å²) in [5, 5.41) is 2.63. The van der Waals surface area contributed by atoms with Gasteiger partial charge in [0.25, 0.3) is 5.91 Å². The average molecular weight is 461 g/mol. The first kappa shape index (κ1) is 23.0. The predicted octanol–water partition coefficient (Wildman–Crippen LogP) is 4.42. The van der Waals surface area contributed by atoms with Gasteiger partial charge in [-0.2, -0.15) is 0 Å². The Bertz CT molecular complexity index is 1340. The molecule has 0 unspecified atom stereocenters. The summed E-state index contributed by atoms with van der Waals surface area (Å²) in [4.78, 5) is 38.6. The molecule has 4 rings (SSSR count). The predicted molar refractivity (Wildman–Crippen MR) is 125 cm³/mol. The van der Waals surface area contributed by atoms with Crippen LogP contribution in [0.1, 0.15) is 38.4 Å². The van der Waals surface area contributed by atoms with Gasteiger partial charge in [0.15, 0.2) is 0 Å². The van der Waals surface area contributed by atoms with E-state index in [4.69, 9.17) is 4.74 Å². The summed E-state index contributed by atoms with van der Waals surface area (Å²) in [5.41, 5.74) is 5.37. The number of esters is 1. The first-order valence-corrected chi connectivity index (χ1v) is 10.7. The molecule has 2 heterocycles. The number of aryl methyl sites for hydroxylation is 1. The van der Waals surface area contributed by atoms with Crippen molar-refractivity contribution in [2.45, 2.75) is 27.3 Å². The maximum atomic E-state index is 13.2. The Labute approximate surface area is 196 Å². The fraction of sp³-hybridized carbons (Fsp3) is 0.192. The van der Waals surface area contributed by atoms with Gasteiger partial charge in [0.1, 0.15) is 11.5 Å². The van der Waals surface area contributed by atoms with Crippen molar-refractivity contribution in [3.8, 4) is 5.69 Å². The van der Waals surface area contributed by atoms with E-state index in [-0.39, 0.29) is 18.1 Å². The van der Waals surface area contributed by atoms with Gasteiger partial charge >= 0.3 is 12.0 Å². The van der Waals surface area contributed by atoms with Crippen molar-refractivity contribution in [3.63, 3.8) is 0 Å². The molecule has 34 heavy (non-hydrogen) atoms. The summed E-state index contributed by atoms with van der Waals surface area (Å²) >= 11 is 0. The Kier molecular flexibility index (Phi) is 6.06. The van der Waals surface area contributed by atoms with Crippen molar-refractivity contribution in [1.29, 1.82) is 0 Å². The number of methoxy groups -OCH3 is 1. The van der Waals surface area contributed by atoms with E-state index in [0.717, 1.165) is 33.1 Å². The number of ether oxygens (including phenoxy) is 1. The minimum absolute atomic E-state index is 0.0425. The van der Waals surface area contributed by atoms with Gasteiger partial charge in [-0.15, -0.1) is 0 Å². The first-order chi connectivity index (χ1) is 16.2. The largest absolute Gasteiger partial charge is 0.465 e. The number of hydrogen-bond donors (Lipinski definition) is 1. The van der Waals surface area contributed by atoms with Crippen LogP contribution in [0.15, 0.2) is 54.2 Å². The van der Waals surface area contributed by atoms with Crippen LogP contribution in [0.25, 0.3) is 11.8 Å². The zero-order valence-corrected chi connectivity index (χ0v) is 19.3. The molecule has 1 N–H and O–H groups in total. The molecule has 1 aliphatic heterocycles. The van der Waals surface area contributed by atoms with E-state index in [1.807, 2.05) is 37.5 Å². The summed E-state index contributed by atoms with van der Waals surface area (Å²) < 4.78 is 20.0. The number of rotatable bonds is 5. The number of nitrogens with zero attached hydrogens (tertiary/aromatic N) is 2. The molecule has 1 saturated heterocycles. The molecule has 174 valence electrons. The van der Waals surface area contributed by atoms with Crippen molar-refractivity contribution >= 4 is 24.0 Å². The molecule has 1 fully saturated rings. The summed E-state index contributed by atoms with van der Waals surface area (Å²) in [6, 6.07) is 12.4. The molecule has 3 aromatic rings. The van der Waals surface area contributed by atoms with Crippen LogP contribution in [0.4, 0.5) is 9.18 Å². The molecule has 1 aliphatic rings. The Morgan fingerprint density at radius 1 is 1.09 bits per heavy atom. The number of aromatic nitrogens is 1. The summed E-state index contributed by atoms with van der Waals surface area (Å²) in [6.07, 6.45) is 1.64. The van der Waals surface area contributed by atoms with E-state index >= 15 is 0 Å². The Morgan fingerprint density at radius 2 is 1.79 bits per heavy atom. The number of hydrogen-bond acceptors (Lipinski definition) is 4. The number of carbonyl (C=O) groups is 3. The normalized spacial score (nSPS) is 14.6. The highest BCUT2D eigenvalue weighted by Gasteiger charge is 2.33. The lowest BCUT2D eigenvalue weighted by atomic mass is 10.1. The summed E-state index contributed by atoms with van der Waals surface area (Å²) in [5.74, 6) is -1.25. The van der Waals surface area contributed by atoms with Crippen LogP contribution in [0.5, 0.6) is 0 Å². The molecule has 0 spiro atoms. The lowest BCUT2D eigenvalue weighted by Gasteiger charge is -2.15. The maximum absolute atomic E-state index is 13.2. The highest BCUT2D eigenvalue weighted by Crippen LogP contribution is 2.27. The first-order valence-electron chi connectivity index (χ1n) is 10.7. The zero-order chi connectivity index (χ0) is 24.6. The van der Waals surface area contributed by atoms with Crippen molar-refractivity contribution in [2.75, 3.05) is 7.11 Å². The lowest BCUT2D eigenvalue weighted by molar-refractivity contribution is -0.123. The number of nitrogens with one attached hydrogen (secondary N) is 1. The average Bonchev–Trinajstić information content (AvgIpc) is 3.24. The molecule has 0 saturated carbocycles. The van der Waals surface area contributed by atoms with E-state index in [0.29, 0.717) is 11.1 Å². The SMILES string of the molecule is COC(=O)c1cccc(-n2c(C)cc(/C=C3/NC(=O)N(Cc4ccc(F)cc4)C3=O)c2C)c1C. The van der Waals surface area contributed by atoms with Crippen LogP contribution in [-0.2, 0) is 16.1 Å². The van der Waals surface area contributed by atoms with Crippen molar-refractivity contribution in [3.05, 3.63) is 93.7 Å². The van der Waals surface area contributed by atoms with Crippen LogP contribution in [-0.4, -0.2) is 34.5 Å². The van der Waals surface area contributed by atoms with Gasteiger partial charge in [0, 0.05) is 17.1 Å². The second kappa shape index (κ2) is 8.97. The summed E-state index contributed by atoms with van der Waals surface area (Å²) in [7, 11) is 1.34. The molecular formula is C26H24FN3O4. The van der Waals surface area contributed by atoms with Gasteiger partial charge in [0.2, 0.25) is 0 Å². The van der Waals surface area contributed by atoms with E-state index in [9.17, 15) is 18.8 Å². The maximum Gasteiger partial charge on any atom is 0.338 e. The second-order valence-electron chi connectivity index (χ2n) is 8.11. The van der Waals surface area contributed by atoms with Gasteiger partial charge in [0.05, 0.1) is 19.2 Å². The van der Waals surface area contributed by atoms with Crippen molar-refractivity contribution in [2.24, 2.45) is 0 Å². The van der Waals surface area contributed by atoms with Gasteiger partial charge in [-0.05, 0) is 73.9 Å². The Balaban J connectivity index is 1.66. The third kappa shape index (κ3) is 4.10. The Hall–Kier alpha value is -4.20. The van der Waals surface area contributed by atoms with E-state index in [1.54, 1.807) is 18.2 Å². The molecule has 0 atom stereocenters. The number of amides is 3. The summed E-state index contributed by atoms with van der Waals surface area (Å²) in [6.45, 7) is 5.73. The van der Waals surface area contributed by atoms with Crippen LogP contribution in [0, 0.1) is 26.6 Å². The van der Waals surface area contributed by atoms with Crippen LogP contribution in [0.3, 0.4) is 0 Å². The molecule has 0 bridgehead atoms.